The van der Waals surface area contributed by atoms with Gasteiger partial charge in [0.1, 0.15) is 28.4 Å². The molecule has 4 amide bonds. The van der Waals surface area contributed by atoms with Gasteiger partial charge in [0.25, 0.3) is 5.91 Å². The number of benzene rings is 1. The highest BCUT2D eigenvalue weighted by Crippen LogP contribution is 2.40. The zero-order chi connectivity index (χ0) is 26.7. The summed E-state index contributed by atoms with van der Waals surface area (Å²) in [7, 11) is 1.02. The summed E-state index contributed by atoms with van der Waals surface area (Å²) >= 11 is 5.54. The van der Waals surface area contributed by atoms with Crippen molar-refractivity contribution in [3.8, 4) is 0 Å². The number of alkyl halides is 3. The zero-order valence-electron chi connectivity index (χ0n) is 18.1. The molecule has 1 aromatic carbocycles. The second kappa shape index (κ2) is 8.69. The number of pyridine rings is 1. The molecule has 9 nitrogen and oxygen atoms in total. The smallest absolute Gasteiger partial charge is 0.416 e. The summed E-state index contributed by atoms with van der Waals surface area (Å²) in [4.78, 5) is 54.9. The van der Waals surface area contributed by atoms with Crippen molar-refractivity contribution in [3.05, 3.63) is 51.7 Å². The van der Waals surface area contributed by atoms with Gasteiger partial charge in [-0.1, -0.05) is 11.6 Å². The molecule has 36 heavy (non-hydrogen) atoms. The Morgan fingerprint density at radius 2 is 1.86 bits per heavy atom. The molecule has 1 fully saturated rings. The molecule has 2 aliphatic rings. The average Bonchev–Trinajstić information content (AvgIpc) is 3.35. The highest BCUT2D eigenvalue weighted by atomic mass is 35.5. The molecule has 1 atom stereocenters. The molecular weight excluding hydrogens is 519 g/mol. The average molecular weight is 533 g/mol. The van der Waals surface area contributed by atoms with Gasteiger partial charge in [-0.2, -0.15) is 13.2 Å². The van der Waals surface area contributed by atoms with Crippen molar-refractivity contribution in [1.82, 2.24) is 9.88 Å². The van der Waals surface area contributed by atoms with Crippen molar-refractivity contribution in [2.45, 2.75) is 25.1 Å². The second-order valence-corrected chi connectivity index (χ2v) is 8.31. The van der Waals surface area contributed by atoms with Gasteiger partial charge >= 0.3 is 18.3 Å². The van der Waals surface area contributed by atoms with E-state index in [1.54, 1.807) is 0 Å². The number of carbonyl (C=O) groups is 4. The summed E-state index contributed by atoms with van der Waals surface area (Å²) in [5, 5.41) is 8.44. The van der Waals surface area contributed by atoms with E-state index in [1.807, 2.05) is 0 Å². The van der Waals surface area contributed by atoms with Gasteiger partial charge in [-0.3, -0.25) is 14.5 Å². The van der Waals surface area contributed by atoms with E-state index >= 15 is 0 Å². The summed E-state index contributed by atoms with van der Waals surface area (Å²) in [6.45, 7) is -0.845. The van der Waals surface area contributed by atoms with Crippen LogP contribution in [0.1, 0.15) is 28.0 Å². The normalized spacial score (nSPS) is 17.6. The molecule has 1 aliphatic heterocycles. The Balaban J connectivity index is 1.83. The minimum Gasteiger partial charge on any atom is -0.465 e. The van der Waals surface area contributed by atoms with Gasteiger partial charge in [0.15, 0.2) is 11.6 Å². The SMILES string of the molecule is CN(C(=O)C1CN(C(=O)O)C(=O)N1c1cc(C(F)(F)F)c2c(n1)C(=O)CC2)c1ccc(F)c(Cl)c1F. The van der Waals surface area contributed by atoms with E-state index in [-0.39, 0.29) is 23.3 Å². The topological polar surface area (TPSA) is 111 Å². The number of anilines is 2. The molecule has 0 spiro atoms. The molecule has 1 saturated heterocycles. The van der Waals surface area contributed by atoms with Crippen LogP contribution in [-0.4, -0.2) is 58.4 Å². The largest absolute Gasteiger partial charge is 0.465 e. The number of likely N-dealkylation sites (N-methyl/N-ethyl adjacent to an activating group) is 1. The van der Waals surface area contributed by atoms with Crippen LogP contribution in [-0.2, 0) is 17.4 Å². The molecule has 0 bridgehead atoms. The number of fused-ring (bicyclic) bond motifs is 1. The molecule has 1 N–H and O–H groups in total. The van der Waals surface area contributed by atoms with Gasteiger partial charge in [-0.25, -0.2) is 28.3 Å². The summed E-state index contributed by atoms with van der Waals surface area (Å²) in [5.41, 5.74) is -2.72. The van der Waals surface area contributed by atoms with Crippen LogP contribution < -0.4 is 9.80 Å². The molecule has 1 aliphatic carbocycles. The van der Waals surface area contributed by atoms with Gasteiger partial charge in [-0.15, -0.1) is 0 Å². The third-order valence-electron chi connectivity index (χ3n) is 5.86. The lowest BCUT2D eigenvalue weighted by molar-refractivity contribution is -0.138. The third-order valence-corrected chi connectivity index (χ3v) is 6.20. The van der Waals surface area contributed by atoms with Crippen molar-refractivity contribution < 1.29 is 46.2 Å². The third kappa shape index (κ3) is 4.00. The summed E-state index contributed by atoms with van der Waals surface area (Å²) in [6, 6.07) is -1.13. The number of hydrogen-bond acceptors (Lipinski definition) is 5. The summed E-state index contributed by atoms with van der Waals surface area (Å²) in [6.07, 6.45) is -7.25. The first-order valence-corrected chi connectivity index (χ1v) is 10.5. The van der Waals surface area contributed by atoms with Crippen LogP contribution >= 0.6 is 11.6 Å². The number of hydrogen-bond donors (Lipinski definition) is 1. The van der Waals surface area contributed by atoms with Crippen molar-refractivity contribution in [3.63, 3.8) is 0 Å². The number of urea groups is 1. The number of nitrogens with zero attached hydrogens (tertiary/aromatic N) is 4. The van der Waals surface area contributed by atoms with Crippen LogP contribution in [0.25, 0.3) is 0 Å². The van der Waals surface area contributed by atoms with E-state index in [0.29, 0.717) is 15.9 Å². The lowest BCUT2D eigenvalue weighted by Crippen LogP contribution is -2.47. The van der Waals surface area contributed by atoms with Crippen LogP contribution in [0.4, 0.5) is 43.0 Å². The molecule has 0 radical (unpaired) electrons. The van der Waals surface area contributed by atoms with Crippen molar-refractivity contribution in [1.29, 1.82) is 0 Å². The van der Waals surface area contributed by atoms with Crippen LogP contribution in [0.5, 0.6) is 0 Å². The van der Waals surface area contributed by atoms with Crippen molar-refractivity contribution in [2.24, 2.45) is 0 Å². The lowest BCUT2D eigenvalue weighted by Gasteiger charge is -2.27. The van der Waals surface area contributed by atoms with E-state index < -0.39 is 82.0 Å². The van der Waals surface area contributed by atoms with Crippen molar-refractivity contribution in [2.75, 3.05) is 23.4 Å². The standard InChI is InChI=1S/C21H14ClF5N4O5/c1-29(11-4-3-10(23)15(22)16(11)24)18(33)12-7-30(20(35)36)19(34)31(12)14-6-9(21(25,26)27)8-2-5-13(32)17(8)28-14/h3-4,6,12H,2,5,7H2,1H3,(H,35,36). The maximum Gasteiger partial charge on any atom is 0.416 e. The van der Waals surface area contributed by atoms with E-state index in [2.05, 4.69) is 4.98 Å². The minimum atomic E-state index is -4.95. The fraction of sp³-hybridized carbons (Fsp3) is 0.286. The van der Waals surface area contributed by atoms with E-state index in [0.717, 1.165) is 19.2 Å². The first-order chi connectivity index (χ1) is 16.7. The predicted molar refractivity (Wildman–Crippen MR) is 113 cm³/mol. The highest BCUT2D eigenvalue weighted by Gasteiger charge is 2.49. The molecule has 1 aromatic heterocycles. The lowest BCUT2D eigenvalue weighted by atomic mass is 10.1. The number of ketones is 1. The van der Waals surface area contributed by atoms with Crippen LogP contribution in [0.2, 0.25) is 5.02 Å². The summed E-state index contributed by atoms with van der Waals surface area (Å²) in [5.74, 6) is -5.10. The van der Waals surface area contributed by atoms with Gasteiger partial charge in [0.05, 0.1) is 17.8 Å². The quantitative estimate of drug-likeness (QED) is 0.470. The number of amides is 4. The second-order valence-electron chi connectivity index (χ2n) is 7.93. The molecule has 15 heteroatoms. The van der Waals surface area contributed by atoms with Crippen LogP contribution in [0, 0.1) is 11.6 Å². The molecule has 1 unspecified atom stereocenters. The van der Waals surface area contributed by atoms with E-state index in [1.165, 1.54) is 0 Å². The Morgan fingerprint density at radius 3 is 2.47 bits per heavy atom. The van der Waals surface area contributed by atoms with Gasteiger partial charge < -0.3 is 10.0 Å². The van der Waals surface area contributed by atoms with Gasteiger partial charge in [0.2, 0.25) is 0 Å². The fourth-order valence-electron chi connectivity index (χ4n) is 4.09. The first kappa shape index (κ1) is 25.3. The maximum atomic E-state index is 14.5. The monoisotopic (exact) mass is 532 g/mol. The number of carboxylic acid groups (broad SMARTS) is 1. The number of halogens is 6. The van der Waals surface area contributed by atoms with Gasteiger partial charge in [-0.05, 0) is 30.2 Å². The Bertz CT molecular complexity index is 1330. The number of rotatable bonds is 3. The Morgan fingerprint density at radius 1 is 1.19 bits per heavy atom. The number of aromatic nitrogens is 1. The van der Waals surface area contributed by atoms with E-state index in [9.17, 15) is 46.2 Å². The Labute approximate surface area is 203 Å². The molecule has 0 saturated carbocycles. The number of imide groups is 1. The molecular formula is C21H14ClF5N4O5. The first-order valence-electron chi connectivity index (χ1n) is 10.1. The minimum absolute atomic E-state index is 0.161. The fourth-order valence-corrected chi connectivity index (χ4v) is 4.25. The zero-order valence-corrected chi connectivity index (χ0v) is 18.8. The molecule has 2 heterocycles. The number of carbonyl (C=O) groups excluding carboxylic acids is 3. The highest BCUT2D eigenvalue weighted by molar-refractivity contribution is 6.31. The molecule has 190 valence electrons. The molecule has 4 rings (SSSR count). The van der Waals surface area contributed by atoms with Crippen molar-refractivity contribution >= 4 is 46.9 Å². The predicted octanol–water partition coefficient (Wildman–Crippen LogP) is 4.11. The van der Waals surface area contributed by atoms with E-state index in [4.69, 9.17) is 11.6 Å². The summed E-state index contributed by atoms with van der Waals surface area (Å²) < 4.78 is 69.3. The number of Topliss-reactive ketones (excluding diaryl/α,β-unsaturated/α-hetero) is 1. The van der Waals surface area contributed by atoms with Crippen LogP contribution in [0.15, 0.2) is 18.2 Å². The maximum absolute atomic E-state index is 14.5. The Kier molecular flexibility index (Phi) is 6.11. The Hall–Kier alpha value is -3.81. The van der Waals surface area contributed by atoms with Crippen LogP contribution in [0.3, 0.4) is 0 Å². The molecule has 2 aromatic rings. The van der Waals surface area contributed by atoms with Gasteiger partial charge in [0, 0.05) is 13.5 Å².